The fourth-order valence-corrected chi connectivity index (χ4v) is 2.12. The lowest BCUT2D eigenvalue weighted by atomic mass is 9.91. The zero-order valence-corrected chi connectivity index (χ0v) is 8.78. The van der Waals surface area contributed by atoms with Crippen LogP contribution in [-0.4, -0.2) is 53.5 Å². The lowest BCUT2D eigenvalue weighted by Crippen LogP contribution is -2.34. The van der Waals surface area contributed by atoms with E-state index in [1.807, 2.05) is 0 Å². The predicted molar refractivity (Wildman–Crippen MR) is 56.0 cm³/mol. The third kappa shape index (κ3) is 3.53. The molecule has 0 aromatic rings. The van der Waals surface area contributed by atoms with E-state index in [0.717, 1.165) is 38.9 Å². The third-order valence-electron chi connectivity index (χ3n) is 3.04. The largest absolute Gasteiger partial charge is 0.395 e. The molecule has 0 bridgehead atoms. The average molecular weight is 202 g/mol. The quantitative estimate of drug-likeness (QED) is 0.577. The minimum atomic E-state index is -0.557. The zero-order valence-electron chi connectivity index (χ0n) is 8.78. The van der Waals surface area contributed by atoms with Gasteiger partial charge in [-0.05, 0) is 38.8 Å². The van der Waals surface area contributed by atoms with Gasteiger partial charge in [-0.3, -0.25) is 0 Å². The van der Waals surface area contributed by atoms with Crippen molar-refractivity contribution in [2.45, 2.75) is 31.3 Å². The topological polar surface area (TPSA) is 69.7 Å². The Morgan fingerprint density at radius 3 is 2.71 bits per heavy atom. The van der Waals surface area contributed by atoms with Crippen LogP contribution < -0.4 is 5.73 Å². The van der Waals surface area contributed by atoms with E-state index in [-0.39, 0.29) is 6.61 Å². The van der Waals surface area contributed by atoms with Crippen molar-refractivity contribution in [2.75, 3.05) is 32.8 Å². The van der Waals surface area contributed by atoms with Crippen molar-refractivity contribution in [2.24, 2.45) is 5.73 Å². The van der Waals surface area contributed by atoms with Gasteiger partial charge in [0.1, 0.15) is 0 Å². The van der Waals surface area contributed by atoms with E-state index in [9.17, 15) is 5.11 Å². The lowest BCUT2D eigenvalue weighted by Gasteiger charge is -2.26. The summed E-state index contributed by atoms with van der Waals surface area (Å²) in [5.74, 6) is 0. The molecule has 0 aliphatic carbocycles. The Labute approximate surface area is 85.7 Å². The van der Waals surface area contributed by atoms with Gasteiger partial charge >= 0.3 is 0 Å². The number of aliphatic hydroxyl groups excluding tert-OH is 1. The van der Waals surface area contributed by atoms with E-state index in [1.54, 1.807) is 0 Å². The molecule has 0 aromatic carbocycles. The van der Waals surface area contributed by atoms with E-state index in [1.165, 1.54) is 0 Å². The van der Waals surface area contributed by atoms with Gasteiger partial charge in [-0.2, -0.15) is 0 Å². The molecule has 4 N–H and O–H groups in total. The third-order valence-corrected chi connectivity index (χ3v) is 3.04. The molecule has 0 amide bonds. The summed E-state index contributed by atoms with van der Waals surface area (Å²) in [6, 6.07) is 0. The molecule has 1 aliphatic heterocycles. The molecular weight excluding hydrogens is 180 g/mol. The Kier molecular flexibility index (Phi) is 4.81. The molecule has 1 unspecified atom stereocenters. The van der Waals surface area contributed by atoms with E-state index in [0.29, 0.717) is 13.0 Å². The summed E-state index contributed by atoms with van der Waals surface area (Å²) in [5.41, 5.74) is 4.92. The van der Waals surface area contributed by atoms with Gasteiger partial charge in [-0.15, -0.1) is 0 Å². The molecule has 1 rings (SSSR count). The summed E-state index contributed by atoms with van der Waals surface area (Å²) < 4.78 is 0. The van der Waals surface area contributed by atoms with Crippen LogP contribution in [0.1, 0.15) is 25.7 Å². The number of hydrogen-bond acceptors (Lipinski definition) is 4. The number of likely N-dealkylation sites (tertiary alicyclic amines) is 1. The molecule has 84 valence electrons. The fraction of sp³-hybridized carbons (Fsp3) is 1.00. The summed E-state index contributed by atoms with van der Waals surface area (Å²) >= 11 is 0. The second-order valence-corrected chi connectivity index (χ2v) is 4.18. The minimum Gasteiger partial charge on any atom is -0.395 e. The van der Waals surface area contributed by atoms with Crippen molar-refractivity contribution in [3.05, 3.63) is 0 Å². The number of rotatable bonds is 4. The Balaban J connectivity index is 2.39. The van der Waals surface area contributed by atoms with Crippen LogP contribution in [-0.2, 0) is 0 Å². The smallest absolute Gasteiger partial charge is 0.0672 e. The summed E-state index contributed by atoms with van der Waals surface area (Å²) in [5, 5.41) is 19.0. The molecule has 0 saturated carbocycles. The fourth-order valence-electron chi connectivity index (χ4n) is 2.12. The maximum absolute atomic E-state index is 10.2. The van der Waals surface area contributed by atoms with Gasteiger partial charge in [0.2, 0.25) is 0 Å². The first-order chi connectivity index (χ1) is 6.70. The molecule has 1 heterocycles. The highest BCUT2D eigenvalue weighted by atomic mass is 16.3. The number of hydrogen-bond donors (Lipinski definition) is 3. The number of nitrogens with two attached hydrogens (primary N) is 1. The second kappa shape index (κ2) is 5.66. The van der Waals surface area contributed by atoms with Gasteiger partial charge in [0.15, 0.2) is 0 Å². The van der Waals surface area contributed by atoms with E-state index in [4.69, 9.17) is 10.8 Å². The number of nitrogens with zero attached hydrogens (tertiary/aromatic N) is 1. The second-order valence-electron chi connectivity index (χ2n) is 4.18. The maximum Gasteiger partial charge on any atom is 0.0672 e. The van der Waals surface area contributed by atoms with Gasteiger partial charge < -0.3 is 20.8 Å². The normalized spacial score (nSPS) is 30.2. The molecular formula is C10H22N2O2. The van der Waals surface area contributed by atoms with Gasteiger partial charge in [0.25, 0.3) is 0 Å². The zero-order chi connectivity index (χ0) is 10.4. The minimum absolute atomic E-state index is 0.204. The predicted octanol–water partition coefficient (Wildman–Crippen LogP) is -0.456. The summed E-state index contributed by atoms with van der Waals surface area (Å²) in [7, 11) is 0. The first-order valence-corrected chi connectivity index (χ1v) is 5.46. The Bertz CT molecular complexity index is 166. The first-order valence-electron chi connectivity index (χ1n) is 5.46. The molecule has 1 fully saturated rings. The molecule has 4 nitrogen and oxygen atoms in total. The SMILES string of the molecule is NCCC1(O)CCCN(CCO)CC1. The molecule has 4 heteroatoms. The Hall–Kier alpha value is -0.160. The van der Waals surface area contributed by atoms with Crippen molar-refractivity contribution in [3.8, 4) is 0 Å². The van der Waals surface area contributed by atoms with Crippen LogP contribution in [0.3, 0.4) is 0 Å². The molecule has 14 heavy (non-hydrogen) atoms. The van der Waals surface area contributed by atoms with Crippen LogP contribution >= 0.6 is 0 Å². The first kappa shape index (κ1) is 11.9. The number of β-amino-alcohol motifs (C(OH)–C–C–N with tert-alkyl or cyclic N) is 1. The van der Waals surface area contributed by atoms with Gasteiger partial charge in [-0.1, -0.05) is 0 Å². The van der Waals surface area contributed by atoms with Crippen LogP contribution in [0.5, 0.6) is 0 Å². The van der Waals surface area contributed by atoms with Crippen molar-refractivity contribution >= 4 is 0 Å². The van der Waals surface area contributed by atoms with Crippen LogP contribution in [0.2, 0.25) is 0 Å². The van der Waals surface area contributed by atoms with Gasteiger partial charge in [0.05, 0.1) is 12.2 Å². The highest BCUT2D eigenvalue weighted by Crippen LogP contribution is 2.24. The number of aliphatic hydroxyl groups is 2. The molecule has 1 aliphatic rings. The highest BCUT2D eigenvalue weighted by molar-refractivity contribution is 4.83. The summed E-state index contributed by atoms with van der Waals surface area (Å²) in [6.07, 6.45) is 3.31. The van der Waals surface area contributed by atoms with Gasteiger partial charge in [0, 0.05) is 13.1 Å². The molecule has 0 spiro atoms. The molecule has 1 atom stereocenters. The van der Waals surface area contributed by atoms with Crippen LogP contribution in [0.25, 0.3) is 0 Å². The van der Waals surface area contributed by atoms with E-state index < -0.39 is 5.60 Å². The molecule has 1 saturated heterocycles. The van der Waals surface area contributed by atoms with Crippen LogP contribution in [0.4, 0.5) is 0 Å². The summed E-state index contributed by atoms with van der Waals surface area (Å²) in [6.45, 7) is 3.33. The maximum atomic E-state index is 10.2. The standard InChI is InChI=1S/C10H22N2O2/c11-5-3-10(14)2-1-6-12(7-4-10)8-9-13/h13-14H,1-9,11H2. The van der Waals surface area contributed by atoms with Crippen molar-refractivity contribution in [1.82, 2.24) is 4.90 Å². The van der Waals surface area contributed by atoms with E-state index in [2.05, 4.69) is 4.90 Å². The lowest BCUT2D eigenvalue weighted by molar-refractivity contribution is 0.0189. The van der Waals surface area contributed by atoms with Crippen molar-refractivity contribution < 1.29 is 10.2 Å². The van der Waals surface area contributed by atoms with Crippen LogP contribution in [0.15, 0.2) is 0 Å². The molecule has 0 radical (unpaired) electrons. The average Bonchev–Trinajstić information content (AvgIpc) is 2.30. The van der Waals surface area contributed by atoms with E-state index >= 15 is 0 Å². The Morgan fingerprint density at radius 1 is 1.29 bits per heavy atom. The van der Waals surface area contributed by atoms with Crippen molar-refractivity contribution in [1.29, 1.82) is 0 Å². The molecule has 0 aromatic heterocycles. The van der Waals surface area contributed by atoms with Crippen LogP contribution in [0, 0.1) is 0 Å². The van der Waals surface area contributed by atoms with Gasteiger partial charge in [-0.25, -0.2) is 0 Å². The highest BCUT2D eigenvalue weighted by Gasteiger charge is 2.28. The Morgan fingerprint density at radius 2 is 2.07 bits per heavy atom. The summed E-state index contributed by atoms with van der Waals surface area (Å²) in [4.78, 5) is 2.20. The monoisotopic (exact) mass is 202 g/mol. The van der Waals surface area contributed by atoms with Crippen molar-refractivity contribution in [3.63, 3.8) is 0 Å².